The van der Waals surface area contributed by atoms with E-state index < -0.39 is 0 Å². The first-order valence-electron chi connectivity index (χ1n) is 6.28. The van der Waals surface area contributed by atoms with Crippen LogP contribution in [-0.4, -0.2) is 45.1 Å². The van der Waals surface area contributed by atoms with Crippen LogP contribution >= 0.6 is 0 Å². The predicted molar refractivity (Wildman–Crippen MR) is 65.4 cm³/mol. The summed E-state index contributed by atoms with van der Waals surface area (Å²) >= 11 is 0. The molecular formula is C12H13N5O2. The van der Waals surface area contributed by atoms with Crippen molar-refractivity contribution in [2.24, 2.45) is 18.9 Å². The van der Waals surface area contributed by atoms with Crippen LogP contribution in [0.1, 0.15) is 10.4 Å². The number of carbonyl (C=O) groups is 1. The van der Waals surface area contributed by atoms with Gasteiger partial charge in [-0.15, -0.1) is 5.10 Å². The first kappa shape index (κ1) is 10.9. The van der Waals surface area contributed by atoms with Gasteiger partial charge in [-0.2, -0.15) is 0 Å². The topological polar surface area (TPSA) is 81.9 Å². The van der Waals surface area contributed by atoms with Crippen molar-refractivity contribution in [3.8, 4) is 0 Å². The SMILES string of the molecule is Cn1nnc2c(C(=O)NC3[C@H]4COC[C@@H]34)ccnc21. The molecule has 1 aliphatic heterocycles. The Labute approximate surface area is 108 Å². The fraction of sp³-hybridized carbons (Fsp3) is 0.500. The molecule has 19 heavy (non-hydrogen) atoms. The minimum atomic E-state index is -0.104. The van der Waals surface area contributed by atoms with E-state index in [1.807, 2.05) is 0 Å². The number of pyridine rings is 1. The lowest BCUT2D eigenvalue weighted by Crippen LogP contribution is -2.30. The van der Waals surface area contributed by atoms with E-state index in [1.54, 1.807) is 24.0 Å². The maximum absolute atomic E-state index is 12.3. The molecule has 98 valence electrons. The number of nitrogens with one attached hydrogen (secondary N) is 1. The third-order valence-electron chi connectivity index (χ3n) is 3.98. The Morgan fingerprint density at radius 2 is 2.26 bits per heavy atom. The molecule has 1 amide bonds. The van der Waals surface area contributed by atoms with E-state index >= 15 is 0 Å². The van der Waals surface area contributed by atoms with E-state index in [1.165, 1.54) is 0 Å². The number of carbonyl (C=O) groups excluding carboxylic acids is 1. The second kappa shape index (κ2) is 3.74. The summed E-state index contributed by atoms with van der Waals surface area (Å²) < 4.78 is 6.87. The highest BCUT2D eigenvalue weighted by atomic mass is 16.5. The average Bonchev–Trinajstić information content (AvgIpc) is 2.83. The number of hydrogen-bond donors (Lipinski definition) is 1. The van der Waals surface area contributed by atoms with Crippen molar-refractivity contribution >= 4 is 17.1 Å². The highest BCUT2D eigenvalue weighted by Gasteiger charge is 2.54. The molecule has 3 heterocycles. The summed E-state index contributed by atoms with van der Waals surface area (Å²) in [5.41, 5.74) is 1.69. The molecule has 0 spiro atoms. The monoisotopic (exact) mass is 259 g/mol. The number of ether oxygens (including phenoxy) is 1. The number of aromatic nitrogens is 4. The van der Waals surface area contributed by atoms with Gasteiger partial charge in [0, 0.05) is 31.1 Å². The van der Waals surface area contributed by atoms with E-state index in [0.29, 0.717) is 28.6 Å². The lowest BCUT2D eigenvalue weighted by molar-refractivity contribution is 0.0930. The van der Waals surface area contributed by atoms with Crippen molar-refractivity contribution in [2.45, 2.75) is 6.04 Å². The maximum Gasteiger partial charge on any atom is 0.253 e. The highest BCUT2D eigenvalue weighted by molar-refractivity contribution is 6.04. The lowest BCUT2D eigenvalue weighted by atomic mass is 10.2. The van der Waals surface area contributed by atoms with Crippen molar-refractivity contribution in [1.29, 1.82) is 0 Å². The molecule has 2 fully saturated rings. The number of hydrogen-bond acceptors (Lipinski definition) is 5. The molecule has 1 saturated heterocycles. The number of nitrogens with zero attached hydrogens (tertiary/aromatic N) is 4. The van der Waals surface area contributed by atoms with E-state index in [9.17, 15) is 4.79 Å². The van der Waals surface area contributed by atoms with Gasteiger partial charge < -0.3 is 10.1 Å². The number of aryl methyl sites for hydroxylation is 1. The lowest BCUT2D eigenvalue weighted by Gasteiger charge is -2.07. The molecule has 2 aromatic rings. The summed E-state index contributed by atoms with van der Waals surface area (Å²) in [7, 11) is 1.76. The zero-order chi connectivity index (χ0) is 13.0. The van der Waals surface area contributed by atoms with E-state index in [2.05, 4.69) is 20.6 Å². The molecule has 7 heteroatoms. The summed E-state index contributed by atoms with van der Waals surface area (Å²) in [4.78, 5) is 16.5. The number of fused-ring (bicyclic) bond motifs is 2. The second-order valence-electron chi connectivity index (χ2n) is 5.11. The summed E-state index contributed by atoms with van der Waals surface area (Å²) in [6.07, 6.45) is 1.61. The third-order valence-corrected chi connectivity index (χ3v) is 3.98. The Morgan fingerprint density at radius 3 is 3.05 bits per heavy atom. The summed E-state index contributed by atoms with van der Waals surface area (Å²) in [6.45, 7) is 1.51. The van der Waals surface area contributed by atoms with Gasteiger partial charge in [-0.3, -0.25) is 4.79 Å². The Bertz CT molecular complexity index is 657. The van der Waals surface area contributed by atoms with Gasteiger partial charge in [-0.05, 0) is 6.07 Å². The summed E-state index contributed by atoms with van der Waals surface area (Å²) in [6, 6.07) is 1.93. The molecule has 1 saturated carbocycles. The minimum absolute atomic E-state index is 0.104. The van der Waals surface area contributed by atoms with Gasteiger partial charge in [-0.25, -0.2) is 9.67 Å². The van der Waals surface area contributed by atoms with Crippen LogP contribution in [0.5, 0.6) is 0 Å². The first-order valence-corrected chi connectivity index (χ1v) is 6.28. The molecule has 1 N–H and O–H groups in total. The van der Waals surface area contributed by atoms with Crippen molar-refractivity contribution in [2.75, 3.05) is 13.2 Å². The summed E-state index contributed by atoms with van der Waals surface area (Å²) in [5.74, 6) is 0.874. The Balaban J connectivity index is 1.61. The van der Waals surface area contributed by atoms with Crippen LogP contribution in [0.4, 0.5) is 0 Å². The smallest absolute Gasteiger partial charge is 0.253 e. The van der Waals surface area contributed by atoms with Gasteiger partial charge in [0.1, 0.15) is 5.52 Å². The van der Waals surface area contributed by atoms with E-state index in [-0.39, 0.29) is 11.9 Å². The van der Waals surface area contributed by atoms with E-state index in [0.717, 1.165) is 13.2 Å². The van der Waals surface area contributed by atoms with Crippen LogP contribution < -0.4 is 5.32 Å². The van der Waals surface area contributed by atoms with Crippen molar-refractivity contribution in [3.05, 3.63) is 17.8 Å². The zero-order valence-corrected chi connectivity index (χ0v) is 10.4. The van der Waals surface area contributed by atoms with Crippen LogP contribution in [0.2, 0.25) is 0 Å². The van der Waals surface area contributed by atoms with Crippen LogP contribution in [0.25, 0.3) is 11.2 Å². The Kier molecular flexibility index (Phi) is 2.14. The number of amides is 1. The van der Waals surface area contributed by atoms with Gasteiger partial charge in [0.05, 0.1) is 18.8 Å². The third kappa shape index (κ3) is 1.54. The molecule has 0 bridgehead atoms. The fourth-order valence-corrected chi connectivity index (χ4v) is 2.80. The van der Waals surface area contributed by atoms with Crippen molar-refractivity contribution in [1.82, 2.24) is 25.3 Å². The van der Waals surface area contributed by atoms with Gasteiger partial charge >= 0.3 is 0 Å². The minimum Gasteiger partial charge on any atom is -0.381 e. The molecule has 2 aliphatic rings. The molecular weight excluding hydrogens is 246 g/mol. The quantitative estimate of drug-likeness (QED) is 0.803. The largest absolute Gasteiger partial charge is 0.381 e. The van der Waals surface area contributed by atoms with Crippen LogP contribution in [0.3, 0.4) is 0 Å². The fourth-order valence-electron chi connectivity index (χ4n) is 2.80. The molecule has 3 atom stereocenters. The van der Waals surface area contributed by atoms with E-state index in [4.69, 9.17) is 4.74 Å². The standard InChI is InChI=1S/C12H13N5O2/c1-17-11-10(15-16-17)6(2-3-13-11)12(18)14-9-7-4-19-5-8(7)9/h2-3,7-9H,4-5H2,1H3,(H,14,18)/t7-,8+,9?. The molecule has 1 aliphatic carbocycles. The molecule has 4 rings (SSSR count). The van der Waals surface area contributed by atoms with Gasteiger partial charge in [0.15, 0.2) is 5.65 Å². The molecule has 7 nitrogen and oxygen atoms in total. The predicted octanol–water partition coefficient (Wildman–Crippen LogP) is -0.262. The first-order chi connectivity index (χ1) is 9.25. The van der Waals surface area contributed by atoms with Gasteiger partial charge in [-0.1, -0.05) is 5.21 Å². The van der Waals surface area contributed by atoms with Crippen LogP contribution in [0, 0.1) is 11.8 Å². The van der Waals surface area contributed by atoms with Crippen LogP contribution in [-0.2, 0) is 11.8 Å². The second-order valence-corrected chi connectivity index (χ2v) is 5.11. The molecule has 1 unspecified atom stereocenters. The van der Waals surface area contributed by atoms with Gasteiger partial charge in [0.25, 0.3) is 5.91 Å². The molecule has 0 aromatic carbocycles. The molecule has 0 radical (unpaired) electrons. The van der Waals surface area contributed by atoms with Crippen LogP contribution in [0.15, 0.2) is 12.3 Å². The highest BCUT2D eigenvalue weighted by Crippen LogP contribution is 2.44. The Hall–Kier alpha value is -2.02. The maximum atomic E-state index is 12.3. The Morgan fingerprint density at radius 1 is 1.47 bits per heavy atom. The van der Waals surface area contributed by atoms with Crippen molar-refractivity contribution < 1.29 is 9.53 Å². The van der Waals surface area contributed by atoms with Gasteiger partial charge in [0.2, 0.25) is 0 Å². The normalized spacial score (nSPS) is 28.4. The average molecular weight is 259 g/mol. The summed E-state index contributed by atoms with van der Waals surface area (Å²) in [5, 5.41) is 10.9. The molecule has 2 aromatic heterocycles. The number of rotatable bonds is 2. The zero-order valence-electron chi connectivity index (χ0n) is 10.4. The van der Waals surface area contributed by atoms with Crippen molar-refractivity contribution in [3.63, 3.8) is 0 Å².